The summed E-state index contributed by atoms with van der Waals surface area (Å²) >= 11 is 3.49. The zero-order valence-electron chi connectivity index (χ0n) is 5.35. The summed E-state index contributed by atoms with van der Waals surface area (Å²) < 4.78 is 5.53. The van der Waals surface area contributed by atoms with Crippen LogP contribution >= 0.6 is 15.9 Å². The van der Waals surface area contributed by atoms with Gasteiger partial charge in [0.2, 0.25) is 0 Å². The van der Waals surface area contributed by atoms with E-state index < -0.39 is 0 Å². The van der Waals surface area contributed by atoms with Gasteiger partial charge in [-0.25, -0.2) is 0 Å². The molecular formula is C7H11BrO. The van der Waals surface area contributed by atoms with Gasteiger partial charge in [-0.1, -0.05) is 15.9 Å². The molecule has 1 saturated heterocycles. The Morgan fingerprint density at radius 3 is 3.00 bits per heavy atom. The largest absolute Gasteiger partial charge is 0.378 e. The van der Waals surface area contributed by atoms with Crippen molar-refractivity contribution in [3.05, 3.63) is 0 Å². The number of halogens is 1. The summed E-state index contributed by atoms with van der Waals surface area (Å²) in [4.78, 5) is 0. The second kappa shape index (κ2) is 2.24. The van der Waals surface area contributed by atoms with Crippen LogP contribution in [0.15, 0.2) is 0 Å². The molecule has 0 aromatic heterocycles. The molecule has 3 atom stereocenters. The number of hydrogen-bond acceptors (Lipinski definition) is 1. The van der Waals surface area contributed by atoms with Crippen LogP contribution in [0.4, 0.5) is 0 Å². The van der Waals surface area contributed by atoms with Gasteiger partial charge in [0, 0.05) is 17.9 Å². The molecule has 0 unspecified atom stereocenters. The molecule has 0 bridgehead atoms. The zero-order chi connectivity index (χ0) is 6.27. The van der Waals surface area contributed by atoms with Gasteiger partial charge in [-0.15, -0.1) is 0 Å². The highest BCUT2D eigenvalue weighted by molar-refractivity contribution is 9.09. The van der Waals surface area contributed by atoms with Gasteiger partial charge in [-0.05, 0) is 18.8 Å². The Balaban J connectivity index is 1.91. The molecule has 52 valence electrons. The summed E-state index contributed by atoms with van der Waals surface area (Å²) in [5.41, 5.74) is 0. The Morgan fingerprint density at radius 1 is 1.56 bits per heavy atom. The van der Waals surface area contributed by atoms with Crippen molar-refractivity contribution in [2.24, 2.45) is 11.8 Å². The van der Waals surface area contributed by atoms with Crippen LogP contribution in [0.5, 0.6) is 0 Å². The van der Waals surface area contributed by atoms with Gasteiger partial charge in [-0.3, -0.25) is 0 Å². The minimum absolute atomic E-state index is 0.637. The molecule has 2 fully saturated rings. The van der Waals surface area contributed by atoms with Crippen molar-refractivity contribution < 1.29 is 4.74 Å². The standard InChI is InChI=1S/C7H11BrO/c8-4-6-5-2-1-3-9-7(5)6/h5-7H,1-4H2/t5-,6-,7-/m1/s1. The van der Waals surface area contributed by atoms with E-state index in [2.05, 4.69) is 15.9 Å². The van der Waals surface area contributed by atoms with Crippen molar-refractivity contribution in [3.63, 3.8) is 0 Å². The minimum atomic E-state index is 0.637. The lowest BCUT2D eigenvalue weighted by atomic mass is 10.2. The summed E-state index contributed by atoms with van der Waals surface area (Å²) in [5.74, 6) is 1.77. The number of alkyl halides is 1. The van der Waals surface area contributed by atoms with E-state index in [0.29, 0.717) is 6.10 Å². The van der Waals surface area contributed by atoms with Crippen LogP contribution in [0, 0.1) is 11.8 Å². The van der Waals surface area contributed by atoms with Gasteiger partial charge in [0.25, 0.3) is 0 Å². The molecule has 1 heterocycles. The van der Waals surface area contributed by atoms with Crippen molar-refractivity contribution >= 4 is 15.9 Å². The van der Waals surface area contributed by atoms with E-state index in [4.69, 9.17) is 4.74 Å². The molecule has 2 aliphatic rings. The number of ether oxygens (including phenoxy) is 1. The van der Waals surface area contributed by atoms with Crippen molar-refractivity contribution in [1.82, 2.24) is 0 Å². The average Bonchev–Trinajstić information content (AvgIpc) is 2.60. The molecule has 2 rings (SSSR count). The second-order valence-electron chi connectivity index (χ2n) is 2.96. The zero-order valence-corrected chi connectivity index (χ0v) is 6.93. The average molecular weight is 191 g/mol. The first kappa shape index (κ1) is 6.17. The summed E-state index contributed by atoms with van der Waals surface area (Å²) in [6.45, 7) is 1.00. The Kier molecular flexibility index (Phi) is 1.54. The first-order chi connectivity index (χ1) is 4.43. The van der Waals surface area contributed by atoms with Gasteiger partial charge < -0.3 is 4.74 Å². The maximum atomic E-state index is 5.53. The van der Waals surface area contributed by atoms with Crippen molar-refractivity contribution in [2.45, 2.75) is 18.9 Å². The normalized spacial score (nSPS) is 48.3. The number of fused-ring (bicyclic) bond motifs is 1. The lowest BCUT2D eigenvalue weighted by molar-refractivity contribution is 0.0763. The van der Waals surface area contributed by atoms with Gasteiger partial charge in [0.15, 0.2) is 0 Å². The lowest BCUT2D eigenvalue weighted by Gasteiger charge is -2.07. The van der Waals surface area contributed by atoms with E-state index >= 15 is 0 Å². The monoisotopic (exact) mass is 190 g/mol. The maximum Gasteiger partial charge on any atom is 0.0646 e. The quantitative estimate of drug-likeness (QED) is 0.574. The van der Waals surface area contributed by atoms with E-state index in [1.165, 1.54) is 12.8 Å². The molecule has 0 amide bonds. The van der Waals surface area contributed by atoms with E-state index in [1.807, 2.05) is 0 Å². The fourth-order valence-corrected chi connectivity index (χ4v) is 2.62. The SMILES string of the molecule is BrC[C@@H]1[C@H]2CCCO[C@@H]12. The number of rotatable bonds is 1. The second-order valence-corrected chi connectivity index (χ2v) is 3.61. The lowest BCUT2D eigenvalue weighted by Crippen LogP contribution is -2.05. The smallest absolute Gasteiger partial charge is 0.0646 e. The van der Waals surface area contributed by atoms with Crippen LogP contribution < -0.4 is 0 Å². The third-order valence-electron chi connectivity index (χ3n) is 2.42. The van der Waals surface area contributed by atoms with E-state index in [-0.39, 0.29) is 0 Å². The van der Waals surface area contributed by atoms with Crippen LogP contribution in [-0.4, -0.2) is 18.0 Å². The van der Waals surface area contributed by atoms with Crippen molar-refractivity contribution in [3.8, 4) is 0 Å². The minimum Gasteiger partial charge on any atom is -0.378 e. The summed E-state index contributed by atoms with van der Waals surface area (Å²) in [5, 5.41) is 1.14. The first-order valence-electron chi connectivity index (χ1n) is 3.61. The predicted molar refractivity (Wildman–Crippen MR) is 39.7 cm³/mol. The topological polar surface area (TPSA) is 9.23 Å². The Morgan fingerprint density at radius 2 is 2.44 bits per heavy atom. The van der Waals surface area contributed by atoms with Crippen LogP contribution in [0.25, 0.3) is 0 Å². The fourth-order valence-electron chi connectivity index (χ4n) is 1.78. The summed E-state index contributed by atoms with van der Waals surface area (Å²) in [7, 11) is 0. The predicted octanol–water partition coefficient (Wildman–Crippen LogP) is 1.81. The molecular weight excluding hydrogens is 180 g/mol. The highest BCUT2D eigenvalue weighted by Gasteiger charge is 2.51. The molecule has 0 aromatic carbocycles. The third kappa shape index (κ3) is 0.926. The van der Waals surface area contributed by atoms with Crippen LogP contribution in [0.3, 0.4) is 0 Å². The van der Waals surface area contributed by atoms with Gasteiger partial charge >= 0.3 is 0 Å². The molecule has 1 saturated carbocycles. The van der Waals surface area contributed by atoms with E-state index in [9.17, 15) is 0 Å². The molecule has 1 aliphatic carbocycles. The molecule has 1 aliphatic heterocycles. The maximum absolute atomic E-state index is 5.53. The molecule has 1 nitrogen and oxygen atoms in total. The molecule has 9 heavy (non-hydrogen) atoms. The highest BCUT2D eigenvalue weighted by Crippen LogP contribution is 2.48. The molecule has 0 aromatic rings. The van der Waals surface area contributed by atoms with E-state index in [0.717, 1.165) is 23.8 Å². The van der Waals surface area contributed by atoms with Gasteiger partial charge in [0.1, 0.15) is 0 Å². The fraction of sp³-hybridized carbons (Fsp3) is 1.00. The first-order valence-corrected chi connectivity index (χ1v) is 4.73. The Bertz CT molecular complexity index is 96.7. The number of hydrogen-bond donors (Lipinski definition) is 0. The van der Waals surface area contributed by atoms with Crippen LogP contribution in [0.2, 0.25) is 0 Å². The molecule has 0 radical (unpaired) electrons. The van der Waals surface area contributed by atoms with Crippen molar-refractivity contribution in [2.75, 3.05) is 11.9 Å². The van der Waals surface area contributed by atoms with Crippen molar-refractivity contribution in [1.29, 1.82) is 0 Å². The van der Waals surface area contributed by atoms with Gasteiger partial charge in [-0.2, -0.15) is 0 Å². The van der Waals surface area contributed by atoms with Crippen LogP contribution in [0.1, 0.15) is 12.8 Å². The van der Waals surface area contributed by atoms with Gasteiger partial charge in [0.05, 0.1) is 6.10 Å². The third-order valence-corrected chi connectivity index (χ3v) is 3.17. The van der Waals surface area contributed by atoms with E-state index in [1.54, 1.807) is 0 Å². The molecule has 0 spiro atoms. The molecule has 0 N–H and O–H groups in total. The summed E-state index contributed by atoms with van der Waals surface area (Å²) in [6, 6.07) is 0. The Labute approximate surface area is 63.9 Å². The summed E-state index contributed by atoms with van der Waals surface area (Å²) in [6.07, 6.45) is 3.32. The highest BCUT2D eigenvalue weighted by atomic mass is 79.9. The van der Waals surface area contributed by atoms with Crippen LogP contribution in [-0.2, 0) is 4.74 Å². The Hall–Kier alpha value is 0.440. The molecule has 2 heteroatoms.